The van der Waals surface area contributed by atoms with E-state index in [-0.39, 0.29) is 5.92 Å². The Kier molecular flexibility index (Phi) is 4.92. The molecule has 3 nitrogen and oxygen atoms in total. The van der Waals surface area contributed by atoms with E-state index in [1.807, 2.05) is 18.2 Å². The largest absolute Gasteiger partial charge is 0.371 e. The van der Waals surface area contributed by atoms with Gasteiger partial charge in [0.25, 0.3) is 0 Å². The molecule has 2 heterocycles. The number of carbonyl (C=O) groups is 1. The molecule has 1 aromatic carbocycles. The van der Waals surface area contributed by atoms with E-state index in [4.69, 9.17) is 11.6 Å². The molecule has 0 aromatic heterocycles. The summed E-state index contributed by atoms with van der Waals surface area (Å²) in [6.45, 7) is 6.05. The van der Waals surface area contributed by atoms with Crippen molar-refractivity contribution in [3.05, 3.63) is 29.3 Å². The maximum atomic E-state index is 12.7. The molecule has 3 rings (SSSR count). The summed E-state index contributed by atoms with van der Waals surface area (Å²) in [4.78, 5) is 17.1. The van der Waals surface area contributed by atoms with Crippen molar-refractivity contribution in [2.75, 3.05) is 31.1 Å². The summed E-state index contributed by atoms with van der Waals surface area (Å²) in [6, 6.07) is 8.00. The molecule has 0 radical (unpaired) electrons. The first-order chi connectivity index (χ1) is 10.6. The van der Waals surface area contributed by atoms with Gasteiger partial charge in [-0.1, -0.05) is 24.6 Å². The SMILES string of the molecule is CC1CCCN(C(=O)C2CCN(c3cccc(Cl)c3)CC2)C1. The summed E-state index contributed by atoms with van der Waals surface area (Å²) in [5.74, 6) is 1.25. The van der Waals surface area contributed by atoms with Crippen molar-refractivity contribution in [3.8, 4) is 0 Å². The van der Waals surface area contributed by atoms with Crippen LogP contribution in [0.4, 0.5) is 5.69 Å². The van der Waals surface area contributed by atoms with E-state index in [1.165, 1.54) is 12.1 Å². The van der Waals surface area contributed by atoms with Crippen LogP contribution >= 0.6 is 11.6 Å². The van der Waals surface area contributed by atoms with Crippen molar-refractivity contribution in [1.82, 2.24) is 4.90 Å². The highest BCUT2D eigenvalue weighted by molar-refractivity contribution is 6.30. The standard InChI is InChI=1S/C18H25ClN2O/c1-14-4-3-9-21(13-14)18(22)15-7-10-20(11-8-15)17-6-2-5-16(19)12-17/h2,5-6,12,14-15H,3-4,7-11,13H2,1H3. The molecule has 2 aliphatic heterocycles. The first kappa shape index (κ1) is 15.7. The van der Waals surface area contributed by atoms with Gasteiger partial charge in [-0.25, -0.2) is 0 Å². The lowest BCUT2D eigenvalue weighted by Gasteiger charge is -2.37. The number of hydrogen-bond acceptors (Lipinski definition) is 2. The highest BCUT2D eigenvalue weighted by atomic mass is 35.5. The number of rotatable bonds is 2. The van der Waals surface area contributed by atoms with Crippen LogP contribution in [0.5, 0.6) is 0 Å². The Bertz CT molecular complexity index is 526. The first-order valence-electron chi connectivity index (χ1n) is 8.43. The number of halogens is 1. The number of nitrogens with zero attached hydrogens (tertiary/aromatic N) is 2. The fourth-order valence-electron chi connectivity index (χ4n) is 3.71. The molecule has 1 atom stereocenters. The average molecular weight is 321 g/mol. The van der Waals surface area contributed by atoms with Crippen molar-refractivity contribution < 1.29 is 4.79 Å². The summed E-state index contributed by atoms with van der Waals surface area (Å²) in [5, 5.41) is 0.776. The van der Waals surface area contributed by atoms with Gasteiger partial charge in [-0.3, -0.25) is 4.79 Å². The van der Waals surface area contributed by atoms with E-state index in [1.54, 1.807) is 0 Å². The molecule has 1 unspecified atom stereocenters. The number of carbonyl (C=O) groups excluding carboxylic acids is 1. The van der Waals surface area contributed by atoms with Gasteiger partial charge in [0.1, 0.15) is 0 Å². The lowest BCUT2D eigenvalue weighted by molar-refractivity contribution is -0.137. The van der Waals surface area contributed by atoms with Gasteiger partial charge in [0.15, 0.2) is 0 Å². The van der Waals surface area contributed by atoms with Gasteiger partial charge in [0.05, 0.1) is 0 Å². The second-order valence-electron chi connectivity index (χ2n) is 6.77. The quantitative estimate of drug-likeness (QED) is 0.827. The molecule has 0 aliphatic carbocycles. The Hall–Kier alpha value is -1.22. The molecule has 22 heavy (non-hydrogen) atoms. The Labute approximate surface area is 138 Å². The minimum absolute atomic E-state index is 0.209. The van der Waals surface area contributed by atoms with Gasteiger partial charge in [0, 0.05) is 42.8 Å². The van der Waals surface area contributed by atoms with E-state index in [0.717, 1.165) is 50.5 Å². The van der Waals surface area contributed by atoms with Crippen molar-refractivity contribution in [3.63, 3.8) is 0 Å². The molecule has 2 fully saturated rings. The van der Waals surface area contributed by atoms with E-state index in [2.05, 4.69) is 22.8 Å². The molecule has 2 saturated heterocycles. The minimum atomic E-state index is 0.209. The molecular weight excluding hydrogens is 296 g/mol. The zero-order chi connectivity index (χ0) is 15.5. The third-order valence-electron chi connectivity index (χ3n) is 4.99. The van der Waals surface area contributed by atoms with Gasteiger partial charge in [0.2, 0.25) is 5.91 Å². The third kappa shape index (κ3) is 3.57. The summed E-state index contributed by atoms with van der Waals surface area (Å²) >= 11 is 6.07. The van der Waals surface area contributed by atoms with Crippen LogP contribution in [-0.4, -0.2) is 37.0 Å². The second-order valence-corrected chi connectivity index (χ2v) is 7.21. The summed E-state index contributed by atoms with van der Waals surface area (Å²) in [5.41, 5.74) is 1.17. The smallest absolute Gasteiger partial charge is 0.225 e. The summed E-state index contributed by atoms with van der Waals surface area (Å²) in [7, 11) is 0. The number of hydrogen-bond donors (Lipinski definition) is 0. The molecule has 0 spiro atoms. The molecule has 120 valence electrons. The third-order valence-corrected chi connectivity index (χ3v) is 5.22. The molecule has 0 N–H and O–H groups in total. The van der Waals surface area contributed by atoms with Crippen LogP contribution in [0, 0.1) is 11.8 Å². The van der Waals surface area contributed by atoms with Gasteiger partial charge < -0.3 is 9.80 Å². The molecule has 2 aliphatic rings. The second kappa shape index (κ2) is 6.91. The lowest BCUT2D eigenvalue weighted by Crippen LogP contribution is -2.46. The van der Waals surface area contributed by atoms with Crippen LogP contribution in [0.2, 0.25) is 5.02 Å². The topological polar surface area (TPSA) is 23.6 Å². The number of benzene rings is 1. The maximum Gasteiger partial charge on any atom is 0.225 e. The lowest BCUT2D eigenvalue weighted by atomic mass is 9.92. The fourth-order valence-corrected chi connectivity index (χ4v) is 3.89. The van der Waals surface area contributed by atoms with E-state index in [0.29, 0.717) is 11.8 Å². The fraction of sp³-hybridized carbons (Fsp3) is 0.611. The predicted molar refractivity (Wildman–Crippen MR) is 91.4 cm³/mol. The molecular formula is C18H25ClN2O. The number of anilines is 1. The number of piperidine rings is 2. The van der Waals surface area contributed by atoms with Crippen LogP contribution in [0.1, 0.15) is 32.6 Å². The minimum Gasteiger partial charge on any atom is -0.371 e. The Morgan fingerprint density at radius 1 is 1.18 bits per heavy atom. The molecule has 1 amide bonds. The van der Waals surface area contributed by atoms with Crippen molar-refractivity contribution in [2.45, 2.75) is 32.6 Å². The normalized spacial score (nSPS) is 23.6. The highest BCUT2D eigenvalue weighted by Gasteiger charge is 2.30. The van der Waals surface area contributed by atoms with Crippen LogP contribution in [-0.2, 0) is 4.79 Å². The van der Waals surface area contributed by atoms with Crippen molar-refractivity contribution in [2.24, 2.45) is 11.8 Å². The van der Waals surface area contributed by atoms with Gasteiger partial charge >= 0.3 is 0 Å². The van der Waals surface area contributed by atoms with E-state index in [9.17, 15) is 4.79 Å². The maximum absolute atomic E-state index is 12.7. The monoisotopic (exact) mass is 320 g/mol. The summed E-state index contributed by atoms with van der Waals surface area (Å²) < 4.78 is 0. The Balaban J connectivity index is 1.56. The van der Waals surface area contributed by atoms with Crippen molar-refractivity contribution >= 4 is 23.2 Å². The zero-order valence-corrected chi connectivity index (χ0v) is 14.1. The van der Waals surface area contributed by atoms with Crippen LogP contribution in [0.25, 0.3) is 0 Å². The van der Waals surface area contributed by atoms with Gasteiger partial charge in [-0.15, -0.1) is 0 Å². The van der Waals surface area contributed by atoms with Crippen LogP contribution < -0.4 is 4.90 Å². The molecule has 0 bridgehead atoms. The predicted octanol–water partition coefficient (Wildman–Crippen LogP) is 3.81. The highest BCUT2D eigenvalue weighted by Crippen LogP contribution is 2.27. The molecule has 1 aromatic rings. The van der Waals surface area contributed by atoms with Gasteiger partial charge in [-0.05, 0) is 49.8 Å². The Morgan fingerprint density at radius 3 is 2.64 bits per heavy atom. The molecule has 0 saturated carbocycles. The number of amides is 1. The zero-order valence-electron chi connectivity index (χ0n) is 13.3. The van der Waals surface area contributed by atoms with Crippen LogP contribution in [0.15, 0.2) is 24.3 Å². The average Bonchev–Trinajstić information content (AvgIpc) is 2.54. The van der Waals surface area contributed by atoms with Crippen molar-refractivity contribution in [1.29, 1.82) is 0 Å². The van der Waals surface area contributed by atoms with Crippen LogP contribution in [0.3, 0.4) is 0 Å². The Morgan fingerprint density at radius 2 is 1.95 bits per heavy atom. The first-order valence-corrected chi connectivity index (χ1v) is 8.80. The number of likely N-dealkylation sites (tertiary alicyclic amines) is 1. The summed E-state index contributed by atoms with van der Waals surface area (Å²) in [6.07, 6.45) is 4.33. The molecule has 4 heteroatoms. The van der Waals surface area contributed by atoms with Gasteiger partial charge in [-0.2, -0.15) is 0 Å². The van der Waals surface area contributed by atoms with E-state index < -0.39 is 0 Å². The van der Waals surface area contributed by atoms with E-state index >= 15 is 0 Å².